The lowest BCUT2D eigenvalue weighted by molar-refractivity contribution is -0.133. The van der Waals surface area contributed by atoms with E-state index in [1.165, 1.54) is 0 Å². The predicted octanol–water partition coefficient (Wildman–Crippen LogP) is 5.44. The van der Waals surface area contributed by atoms with E-state index in [-0.39, 0.29) is 0 Å². The third-order valence-electron chi connectivity index (χ3n) is 3.03. The van der Waals surface area contributed by atoms with Crippen LogP contribution >= 0.6 is 0 Å². The van der Waals surface area contributed by atoms with E-state index < -0.39 is 64.2 Å². The quantitative estimate of drug-likeness (QED) is 0.439. The number of alkyl halides is 9. The van der Waals surface area contributed by atoms with Crippen molar-refractivity contribution >= 4 is 8.32 Å². The minimum absolute atomic E-state index is 0.806. The summed E-state index contributed by atoms with van der Waals surface area (Å²) in [6.45, 7) is 0. The molecule has 1 nitrogen and oxygen atoms in total. The Morgan fingerprint density at radius 2 is 0.857 bits per heavy atom. The summed E-state index contributed by atoms with van der Waals surface area (Å²) in [5.41, 5.74) is 0. The summed E-state index contributed by atoms with van der Waals surface area (Å²) in [5, 5.41) is 0. The van der Waals surface area contributed by atoms with Crippen molar-refractivity contribution in [2.24, 2.45) is 0 Å². The summed E-state index contributed by atoms with van der Waals surface area (Å²) in [4.78, 5) is 0. The van der Waals surface area contributed by atoms with Gasteiger partial charge in [0.1, 0.15) is 0 Å². The first-order valence-electron chi connectivity index (χ1n) is 5.93. The second kappa shape index (κ2) is 7.21. The summed E-state index contributed by atoms with van der Waals surface area (Å²) in [6, 6.07) is -2.42. The molecule has 21 heavy (non-hydrogen) atoms. The molecule has 0 aliphatic carbocycles. The molecule has 0 amide bonds. The molecule has 0 aromatic rings. The average molecular weight is 350 g/mol. The van der Waals surface area contributed by atoms with Crippen molar-refractivity contribution in [2.75, 3.05) is 7.11 Å². The molecule has 0 bridgehead atoms. The maximum Gasteiger partial charge on any atom is 0.388 e. The van der Waals surface area contributed by atoms with E-state index in [0.29, 0.717) is 0 Å². The first-order valence-corrected chi connectivity index (χ1v) is 8.46. The van der Waals surface area contributed by atoms with Crippen molar-refractivity contribution in [3.63, 3.8) is 0 Å². The molecule has 11 heteroatoms. The van der Waals surface area contributed by atoms with Crippen molar-refractivity contribution in [1.82, 2.24) is 0 Å². The Balaban J connectivity index is 4.91. The Labute approximate surface area is 116 Å². The van der Waals surface area contributed by atoms with Crippen LogP contribution in [0.1, 0.15) is 19.3 Å². The topological polar surface area (TPSA) is 9.23 Å². The van der Waals surface area contributed by atoms with Gasteiger partial charge in [-0.1, -0.05) is 0 Å². The molecule has 0 aromatic carbocycles. The third kappa shape index (κ3) is 10.9. The highest BCUT2D eigenvalue weighted by Gasteiger charge is 2.44. The second-order valence-corrected chi connectivity index (χ2v) is 9.01. The van der Waals surface area contributed by atoms with Crippen molar-refractivity contribution in [3.8, 4) is 0 Å². The zero-order valence-electron chi connectivity index (χ0n) is 11.1. The standard InChI is InChI=1S/C10H15F9OSi/c1-20-21(5-2-8(11,12)13,6-3-9(14,15)16)7-4-10(17,18)19/h2-7H2,1H3. The Bertz CT molecular complexity index is 262. The van der Waals surface area contributed by atoms with Gasteiger partial charge in [-0.25, -0.2) is 0 Å². The van der Waals surface area contributed by atoms with Gasteiger partial charge in [0.05, 0.1) is 0 Å². The fraction of sp³-hybridized carbons (Fsp3) is 1.00. The first-order chi connectivity index (χ1) is 9.18. The van der Waals surface area contributed by atoms with Crippen molar-refractivity contribution in [1.29, 1.82) is 0 Å². The van der Waals surface area contributed by atoms with Gasteiger partial charge in [-0.2, -0.15) is 39.5 Å². The third-order valence-corrected chi connectivity index (χ3v) is 7.37. The molecule has 0 aliphatic heterocycles. The highest BCUT2D eigenvalue weighted by atomic mass is 28.4. The van der Waals surface area contributed by atoms with E-state index in [1.807, 2.05) is 0 Å². The van der Waals surface area contributed by atoms with Crippen LogP contribution < -0.4 is 0 Å². The van der Waals surface area contributed by atoms with Crippen LogP contribution in [0.2, 0.25) is 18.1 Å². The van der Waals surface area contributed by atoms with E-state index >= 15 is 0 Å². The van der Waals surface area contributed by atoms with Gasteiger partial charge in [-0.05, 0) is 18.1 Å². The zero-order chi connectivity index (χ0) is 16.9. The van der Waals surface area contributed by atoms with Crippen LogP contribution in [0.5, 0.6) is 0 Å². The Morgan fingerprint density at radius 3 is 1.00 bits per heavy atom. The van der Waals surface area contributed by atoms with Gasteiger partial charge < -0.3 is 4.43 Å². The van der Waals surface area contributed by atoms with Gasteiger partial charge in [0.2, 0.25) is 0 Å². The van der Waals surface area contributed by atoms with Crippen molar-refractivity contribution in [2.45, 2.75) is 55.9 Å². The van der Waals surface area contributed by atoms with Crippen LogP contribution in [0.3, 0.4) is 0 Å². The summed E-state index contributed by atoms with van der Waals surface area (Å²) in [7, 11) is -2.87. The van der Waals surface area contributed by atoms with E-state index in [4.69, 9.17) is 4.43 Å². The fourth-order valence-corrected chi connectivity index (χ4v) is 5.37. The molecular formula is C10H15F9OSi. The largest absolute Gasteiger partial charge is 0.420 e. The minimum atomic E-state index is -4.65. The van der Waals surface area contributed by atoms with E-state index in [2.05, 4.69) is 0 Å². The van der Waals surface area contributed by atoms with Gasteiger partial charge >= 0.3 is 18.5 Å². The molecule has 0 aromatic heterocycles. The SMILES string of the molecule is CO[Si](CCC(F)(F)F)(CCC(F)(F)F)CCC(F)(F)F. The Kier molecular flexibility index (Phi) is 7.05. The predicted molar refractivity (Wildman–Crippen MR) is 59.2 cm³/mol. The number of rotatable bonds is 7. The molecule has 0 saturated heterocycles. The monoisotopic (exact) mass is 350 g/mol. The minimum Gasteiger partial charge on any atom is -0.420 e. The molecular weight excluding hydrogens is 335 g/mol. The molecule has 0 unspecified atom stereocenters. The Morgan fingerprint density at radius 1 is 0.619 bits per heavy atom. The van der Waals surface area contributed by atoms with Gasteiger partial charge in [0, 0.05) is 26.4 Å². The number of halogens is 9. The van der Waals surface area contributed by atoms with Crippen LogP contribution in [-0.2, 0) is 4.43 Å². The summed E-state index contributed by atoms with van der Waals surface area (Å²) in [6.07, 6.45) is -18.3. The van der Waals surface area contributed by atoms with E-state index in [0.717, 1.165) is 7.11 Å². The lowest BCUT2D eigenvalue weighted by atomic mass is 10.5. The number of hydrogen-bond acceptors (Lipinski definition) is 1. The lowest BCUT2D eigenvalue weighted by Gasteiger charge is -2.31. The fourth-order valence-electron chi connectivity index (χ4n) is 1.79. The smallest absolute Gasteiger partial charge is 0.388 e. The number of hydrogen-bond donors (Lipinski definition) is 0. The van der Waals surface area contributed by atoms with Gasteiger partial charge in [-0.3, -0.25) is 0 Å². The second-order valence-electron chi connectivity index (χ2n) is 4.73. The molecule has 0 N–H and O–H groups in total. The lowest BCUT2D eigenvalue weighted by Crippen LogP contribution is -2.40. The molecule has 128 valence electrons. The molecule has 0 heterocycles. The van der Waals surface area contributed by atoms with E-state index in [1.54, 1.807) is 0 Å². The van der Waals surface area contributed by atoms with Gasteiger partial charge in [-0.15, -0.1) is 0 Å². The molecule has 0 saturated carbocycles. The van der Waals surface area contributed by atoms with Crippen LogP contribution in [0.25, 0.3) is 0 Å². The maximum absolute atomic E-state index is 12.2. The summed E-state index contributed by atoms with van der Waals surface area (Å²) < 4.78 is 115. The normalized spacial score (nSPS) is 14.6. The molecule has 0 rings (SSSR count). The van der Waals surface area contributed by atoms with Crippen molar-refractivity contribution in [3.05, 3.63) is 0 Å². The van der Waals surface area contributed by atoms with Gasteiger partial charge in [0.15, 0.2) is 8.32 Å². The highest BCUT2D eigenvalue weighted by Crippen LogP contribution is 2.37. The molecule has 0 radical (unpaired) electrons. The van der Waals surface area contributed by atoms with Crippen LogP contribution in [0.4, 0.5) is 39.5 Å². The highest BCUT2D eigenvalue weighted by molar-refractivity contribution is 6.73. The van der Waals surface area contributed by atoms with Gasteiger partial charge in [0.25, 0.3) is 0 Å². The van der Waals surface area contributed by atoms with Crippen LogP contribution in [0, 0.1) is 0 Å². The maximum atomic E-state index is 12.2. The van der Waals surface area contributed by atoms with Crippen molar-refractivity contribution < 1.29 is 43.9 Å². The summed E-state index contributed by atoms with van der Waals surface area (Å²) >= 11 is 0. The Hall–Kier alpha value is -0.453. The summed E-state index contributed by atoms with van der Waals surface area (Å²) in [5.74, 6) is 0. The van der Waals surface area contributed by atoms with E-state index in [9.17, 15) is 39.5 Å². The average Bonchev–Trinajstić information content (AvgIpc) is 2.25. The molecule has 0 aliphatic rings. The first kappa shape index (κ1) is 20.5. The molecule has 0 spiro atoms. The zero-order valence-corrected chi connectivity index (χ0v) is 12.1. The van der Waals surface area contributed by atoms with Crippen LogP contribution in [0.15, 0.2) is 0 Å². The molecule has 0 atom stereocenters. The van der Waals surface area contributed by atoms with Crippen LogP contribution in [-0.4, -0.2) is 34.0 Å². The molecule has 0 fully saturated rings.